The molecule has 1 aliphatic rings. The van der Waals surface area contributed by atoms with Crippen molar-refractivity contribution in [2.24, 2.45) is 5.73 Å². The van der Waals surface area contributed by atoms with Crippen LogP contribution in [0.2, 0.25) is 0 Å². The van der Waals surface area contributed by atoms with Crippen LogP contribution < -0.4 is 11.1 Å². The summed E-state index contributed by atoms with van der Waals surface area (Å²) >= 11 is 0. The van der Waals surface area contributed by atoms with Crippen LogP contribution in [-0.2, 0) is 11.2 Å². The van der Waals surface area contributed by atoms with Crippen molar-refractivity contribution < 1.29 is 4.79 Å². The van der Waals surface area contributed by atoms with Crippen molar-refractivity contribution in [2.45, 2.75) is 45.1 Å². The van der Waals surface area contributed by atoms with E-state index in [0.29, 0.717) is 19.1 Å². The average Bonchev–Trinajstić information content (AvgIpc) is 2.50. The normalized spacial score (nSPS) is 18.5. The Labute approximate surface area is 139 Å². The van der Waals surface area contributed by atoms with Crippen LogP contribution in [0, 0.1) is 0 Å². The summed E-state index contributed by atoms with van der Waals surface area (Å²) in [6, 6.07) is 8.55. The van der Waals surface area contributed by atoms with Gasteiger partial charge in [0.1, 0.15) is 0 Å². The topological polar surface area (TPSA) is 58.4 Å². The lowest BCUT2D eigenvalue weighted by Gasteiger charge is -2.35. The molecule has 3 N–H and O–H groups in total. The highest BCUT2D eigenvalue weighted by Gasteiger charge is 2.23. The summed E-state index contributed by atoms with van der Waals surface area (Å²) in [5.41, 5.74) is 7.84. The maximum atomic E-state index is 12.2. The molecule has 0 spiro atoms. The van der Waals surface area contributed by atoms with Crippen molar-refractivity contribution >= 4 is 24.0 Å². The SMILES string of the molecule is CCc1ccc(NC(=O)CN2CCCCC2CCN)cc1.Cl. The zero-order valence-electron chi connectivity index (χ0n) is 13.4. The molecule has 5 heteroatoms. The first-order valence-corrected chi connectivity index (χ1v) is 8.06. The number of likely N-dealkylation sites (tertiary alicyclic amines) is 1. The molecule has 1 fully saturated rings. The molecule has 0 saturated carbocycles. The number of nitrogens with zero attached hydrogens (tertiary/aromatic N) is 1. The number of amides is 1. The zero-order chi connectivity index (χ0) is 15.1. The van der Waals surface area contributed by atoms with Gasteiger partial charge in [-0.15, -0.1) is 12.4 Å². The van der Waals surface area contributed by atoms with Gasteiger partial charge in [0.05, 0.1) is 6.54 Å². The van der Waals surface area contributed by atoms with Gasteiger partial charge < -0.3 is 11.1 Å². The van der Waals surface area contributed by atoms with Crippen molar-refractivity contribution in [3.63, 3.8) is 0 Å². The molecule has 22 heavy (non-hydrogen) atoms. The van der Waals surface area contributed by atoms with Gasteiger partial charge in [-0.05, 0) is 56.5 Å². The molecule has 1 aromatic rings. The zero-order valence-corrected chi connectivity index (χ0v) is 14.2. The van der Waals surface area contributed by atoms with Crippen molar-refractivity contribution in [1.29, 1.82) is 0 Å². The Hall–Kier alpha value is -1.10. The van der Waals surface area contributed by atoms with Crippen LogP contribution in [0.4, 0.5) is 5.69 Å². The predicted molar refractivity (Wildman–Crippen MR) is 94.6 cm³/mol. The van der Waals surface area contributed by atoms with E-state index < -0.39 is 0 Å². The molecule has 0 bridgehead atoms. The van der Waals surface area contributed by atoms with Gasteiger partial charge in [0, 0.05) is 11.7 Å². The summed E-state index contributed by atoms with van der Waals surface area (Å²) in [7, 11) is 0. The van der Waals surface area contributed by atoms with Crippen LogP contribution in [0.3, 0.4) is 0 Å². The molecule has 1 atom stereocenters. The number of nitrogens with two attached hydrogens (primary N) is 1. The second kappa shape index (κ2) is 9.82. The van der Waals surface area contributed by atoms with Gasteiger partial charge in [-0.3, -0.25) is 9.69 Å². The predicted octanol–water partition coefficient (Wildman–Crippen LogP) is 2.81. The van der Waals surface area contributed by atoms with Gasteiger partial charge in [-0.1, -0.05) is 25.5 Å². The average molecular weight is 326 g/mol. The lowest BCUT2D eigenvalue weighted by Crippen LogP contribution is -2.44. The van der Waals surface area contributed by atoms with Crippen molar-refractivity contribution in [2.75, 3.05) is 25.0 Å². The smallest absolute Gasteiger partial charge is 0.238 e. The lowest BCUT2D eigenvalue weighted by atomic mass is 9.99. The fourth-order valence-corrected chi connectivity index (χ4v) is 3.00. The van der Waals surface area contributed by atoms with E-state index in [1.807, 2.05) is 12.1 Å². The molecule has 0 aromatic heterocycles. The molecule has 1 aliphatic heterocycles. The third-order valence-electron chi connectivity index (χ3n) is 4.24. The number of aryl methyl sites for hydroxylation is 1. The Morgan fingerprint density at radius 1 is 1.32 bits per heavy atom. The van der Waals surface area contributed by atoms with E-state index in [2.05, 4.69) is 29.3 Å². The number of hydrogen-bond donors (Lipinski definition) is 2. The van der Waals surface area contributed by atoms with Crippen LogP contribution >= 0.6 is 12.4 Å². The second-order valence-electron chi connectivity index (χ2n) is 5.80. The van der Waals surface area contributed by atoms with Crippen molar-refractivity contribution in [3.05, 3.63) is 29.8 Å². The van der Waals surface area contributed by atoms with Gasteiger partial charge in [0.25, 0.3) is 0 Å². The largest absolute Gasteiger partial charge is 0.330 e. The highest BCUT2D eigenvalue weighted by atomic mass is 35.5. The summed E-state index contributed by atoms with van der Waals surface area (Å²) in [6.07, 6.45) is 5.59. The number of hydrogen-bond acceptors (Lipinski definition) is 3. The van der Waals surface area contributed by atoms with Gasteiger partial charge in [-0.2, -0.15) is 0 Å². The molecule has 1 amide bonds. The fraction of sp³-hybridized carbons (Fsp3) is 0.588. The summed E-state index contributed by atoms with van der Waals surface area (Å²) in [6.45, 7) is 4.30. The number of carbonyl (C=O) groups excluding carboxylic acids is 1. The number of rotatable bonds is 6. The number of benzene rings is 1. The van der Waals surface area contributed by atoms with Crippen LogP contribution in [0.5, 0.6) is 0 Å². The molecule has 4 nitrogen and oxygen atoms in total. The molecule has 1 aromatic carbocycles. The van der Waals surface area contributed by atoms with Crippen LogP contribution in [0.15, 0.2) is 24.3 Å². The number of halogens is 1. The minimum atomic E-state index is 0. The van der Waals surface area contributed by atoms with Gasteiger partial charge in [-0.25, -0.2) is 0 Å². The van der Waals surface area contributed by atoms with Crippen molar-refractivity contribution in [1.82, 2.24) is 4.90 Å². The summed E-state index contributed by atoms with van der Waals surface area (Å²) < 4.78 is 0. The first-order chi connectivity index (χ1) is 10.2. The number of nitrogens with one attached hydrogen (secondary N) is 1. The van der Waals surface area contributed by atoms with Crippen LogP contribution in [0.1, 0.15) is 38.2 Å². The minimum Gasteiger partial charge on any atom is -0.330 e. The maximum Gasteiger partial charge on any atom is 0.238 e. The third-order valence-corrected chi connectivity index (χ3v) is 4.24. The fourth-order valence-electron chi connectivity index (χ4n) is 3.00. The number of carbonyl (C=O) groups is 1. The Morgan fingerprint density at radius 2 is 2.05 bits per heavy atom. The minimum absolute atomic E-state index is 0. The molecule has 0 aliphatic carbocycles. The van der Waals surface area contributed by atoms with E-state index in [-0.39, 0.29) is 18.3 Å². The van der Waals surface area contributed by atoms with E-state index in [4.69, 9.17) is 5.73 Å². The molecule has 1 heterocycles. The van der Waals surface area contributed by atoms with Crippen LogP contribution in [0.25, 0.3) is 0 Å². The lowest BCUT2D eigenvalue weighted by molar-refractivity contribution is -0.118. The third kappa shape index (κ3) is 5.59. The summed E-state index contributed by atoms with van der Waals surface area (Å²) in [4.78, 5) is 14.5. The standard InChI is InChI=1S/C17H27N3O.ClH/c1-2-14-6-8-15(9-7-14)19-17(21)13-20-12-4-3-5-16(20)10-11-18;/h6-9,16H,2-5,10-13,18H2,1H3,(H,19,21);1H. The Morgan fingerprint density at radius 3 is 2.68 bits per heavy atom. The molecule has 124 valence electrons. The van der Waals surface area contributed by atoms with E-state index >= 15 is 0 Å². The van der Waals surface area contributed by atoms with E-state index in [9.17, 15) is 4.79 Å². The first kappa shape index (κ1) is 18.9. The molecule has 1 unspecified atom stereocenters. The molecule has 2 rings (SSSR count). The number of piperidine rings is 1. The van der Waals surface area contributed by atoms with E-state index in [0.717, 1.165) is 31.5 Å². The summed E-state index contributed by atoms with van der Waals surface area (Å²) in [5, 5.41) is 2.99. The summed E-state index contributed by atoms with van der Waals surface area (Å²) in [5.74, 6) is 0.0724. The first-order valence-electron chi connectivity index (χ1n) is 8.06. The van der Waals surface area contributed by atoms with Crippen LogP contribution in [-0.4, -0.2) is 36.5 Å². The molecule has 1 saturated heterocycles. The maximum absolute atomic E-state index is 12.2. The molecular weight excluding hydrogens is 298 g/mol. The quantitative estimate of drug-likeness (QED) is 0.845. The monoisotopic (exact) mass is 325 g/mol. The molecular formula is C17H28ClN3O. The Bertz CT molecular complexity index is 448. The highest BCUT2D eigenvalue weighted by Crippen LogP contribution is 2.19. The van der Waals surface area contributed by atoms with E-state index in [1.165, 1.54) is 18.4 Å². The van der Waals surface area contributed by atoms with Gasteiger partial charge >= 0.3 is 0 Å². The van der Waals surface area contributed by atoms with Crippen molar-refractivity contribution in [3.8, 4) is 0 Å². The van der Waals surface area contributed by atoms with E-state index in [1.54, 1.807) is 0 Å². The number of anilines is 1. The van der Waals surface area contributed by atoms with Gasteiger partial charge in [0.15, 0.2) is 0 Å². The second-order valence-corrected chi connectivity index (χ2v) is 5.80. The highest BCUT2D eigenvalue weighted by molar-refractivity contribution is 5.92. The van der Waals surface area contributed by atoms with Gasteiger partial charge in [0.2, 0.25) is 5.91 Å². The Kier molecular flexibility index (Phi) is 8.46. The molecule has 0 radical (unpaired) electrons. The Balaban J connectivity index is 0.00000242.